The first-order valence-corrected chi connectivity index (χ1v) is 5.32. The number of Topliss-reactive ketones (excluding diaryl/α,β-unsaturated/α-hetero) is 1. The molecule has 17 heavy (non-hydrogen) atoms. The minimum absolute atomic E-state index is 0.226. The molecule has 0 N–H and O–H groups in total. The van der Waals surface area contributed by atoms with E-state index in [0.29, 0.717) is 0 Å². The van der Waals surface area contributed by atoms with E-state index in [9.17, 15) is 22.4 Å². The van der Waals surface area contributed by atoms with Crippen molar-refractivity contribution in [2.45, 2.75) is 18.1 Å². The Kier molecular flexibility index (Phi) is 4.13. The number of ether oxygens (including phenoxy) is 1. The molecule has 0 aliphatic heterocycles. The number of carbonyl (C=O) groups is 1. The fourth-order valence-electron chi connectivity index (χ4n) is 1.12. The topological polar surface area (TPSA) is 26.3 Å². The van der Waals surface area contributed by atoms with E-state index in [-0.39, 0.29) is 11.3 Å². The van der Waals surface area contributed by atoms with Gasteiger partial charge in [-0.2, -0.15) is 0 Å². The van der Waals surface area contributed by atoms with Crippen molar-refractivity contribution in [1.29, 1.82) is 0 Å². The highest BCUT2D eigenvalue weighted by Gasteiger charge is 2.32. The molecule has 7 heteroatoms. The number of hydrogen-bond acceptors (Lipinski definition) is 2. The lowest BCUT2D eigenvalue weighted by atomic mass is 10.1. The molecule has 0 radical (unpaired) electrons. The summed E-state index contributed by atoms with van der Waals surface area (Å²) in [6.07, 6.45) is -4.95. The van der Waals surface area contributed by atoms with Gasteiger partial charge in [-0.1, -0.05) is 22.0 Å². The van der Waals surface area contributed by atoms with Gasteiger partial charge in [0, 0.05) is 0 Å². The molecular formula is C10H7BrF4O2. The van der Waals surface area contributed by atoms with Crippen LogP contribution in [-0.4, -0.2) is 12.1 Å². The maximum atomic E-state index is 13.2. The third kappa shape index (κ3) is 3.99. The smallest absolute Gasteiger partial charge is 0.403 e. The molecule has 0 amide bonds. The van der Waals surface area contributed by atoms with E-state index < -0.39 is 22.8 Å². The molecule has 1 atom stereocenters. The molecule has 1 aromatic rings. The molecule has 0 bridgehead atoms. The second kappa shape index (κ2) is 5.03. The number of hydrogen-bond donors (Lipinski definition) is 0. The molecule has 1 rings (SSSR count). The van der Waals surface area contributed by atoms with Crippen molar-refractivity contribution >= 4 is 21.7 Å². The van der Waals surface area contributed by atoms with Crippen LogP contribution in [0.25, 0.3) is 0 Å². The number of halogens is 5. The van der Waals surface area contributed by atoms with Crippen LogP contribution in [0.1, 0.15) is 17.3 Å². The predicted octanol–water partition coefficient (Wildman–Crippen LogP) is 3.75. The van der Waals surface area contributed by atoms with Crippen LogP contribution in [0.3, 0.4) is 0 Å². The van der Waals surface area contributed by atoms with Crippen molar-refractivity contribution < 1.29 is 27.1 Å². The van der Waals surface area contributed by atoms with Crippen LogP contribution in [-0.2, 0) is 4.79 Å². The van der Waals surface area contributed by atoms with Gasteiger partial charge in [0.15, 0.2) is 11.6 Å². The first-order valence-electron chi connectivity index (χ1n) is 4.40. The van der Waals surface area contributed by atoms with Gasteiger partial charge in [-0.05, 0) is 24.6 Å². The Hall–Kier alpha value is -1.11. The van der Waals surface area contributed by atoms with Crippen molar-refractivity contribution in [3.8, 4) is 5.75 Å². The number of rotatable bonds is 3. The van der Waals surface area contributed by atoms with Crippen LogP contribution >= 0.6 is 15.9 Å². The Bertz CT molecular complexity index is 431. The van der Waals surface area contributed by atoms with Crippen molar-refractivity contribution in [2.24, 2.45) is 0 Å². The Labute approximate surface area is 103 Å². The zero-order chi connectivity index (χ0) is 13.2. The summed E-state index contributed by atoms with van der Waals surface area (Å²) in [5.74, 6) is -2.39. The summed E-state index contributed by atoms with van der Waals surface area (Å²) in [6.45, 7) is 1.28. The standard InChI is InChI=1S/C10H7BrF4O2/c1-5(16)9(11)6-2-3-8(7(12)4-6)17-10(13,14)15/h2-4,9H,1H3. The van der Waals surface area contributed by atoms with E-state index in [1.54, 1.807) is 0 Å². The molecule has 0 saturated carbocycles. The third-order valence-electron chi connectivity index (χ3n) is 1.83. The summed E-state index contributed by atoms with van der Waals surface area (Å²) in [6, 6.07) is 2.84. The summed E-state index contributed by atoms with van der Waals surface area (Å²) < 4.78 is 52.3. The Morgan fingerprint density at radius 3 is 2.41 bits per heavy atom. The molecular weight excluding hydrogens is 308 g/mol. The fourth-order valence-corrected chi connectivity index (χ4v) is 1.40. The van der Waals surface area contributed by atoms with Gasteiger partial charge in [0.2, 0.25) is 0 Å². The minimum atomic E-state index is -4.95. The van der Waals surface area contributed by atoms with Gasteiger partial charge in [0.05, 0.1) is 4.83 Å². The number of benzene rings is 1. The largest absolute Gasteiger partial charge is 0.573 e. The second-order valence-corrected chi connectivity index (χ2v) is 4.13. The zero-order valence-electron chi connectivity index (χ0n) is 8.52. The third-order valence-corrected chi connectivity index (χ3v) is 3.00. The maximum Gasteiger partial charge on any atom is 0.573 e. The molecule has 0 aliphatic carbocycles. The molecule has 0 aliphatic rings. The van der Waals surface area contributed by atoms with Crippen LogP contribution in [0.15, 0.2) is 18.2 Å². The highest BCUT2D eigenvalue weighted by Crippen LogP contribution is 2.30. The molecule has 0 spiro atoms. The van der Waals surface area contributed by atoms with Gasteiger partial charge in [-0.15, -0.1) is 13.2 Å². The van der Waals surface area contributed by atoms with Gasteiger partial charge in [0.25, 0.3) is 0 Å². The lowest BCUT2D eigenvalue weighted by molar-refractivity contribution is -0.275. The Morgan fingerprint density at radius 2 is 2.00 bits per heavy atom. The highest BCUT2D eigenvalue weighted by molar-refractivity contribution is 9.09. The maximum absolute atomic E-state index is 13.2. The Morgan fingerprint density at radius 1 is 1.41 bits per heavy atom. The lowest BCUT2D eigenvalue weighted by Gasteiger charge is -2.11. The van der Waals surface area contributed by atoms with Crippen molar-refractivity contribution in [1.82, 2.24) is 0 Å². The normalized spacial score (nSPS) is 13.3. The van der Waals surface area contributed by atoms with Crippen molar-refractivity contribution in [3.05, 3.63) is 29.6 Å². The lowest BCUT2D eigenvalue weighted by Crippen LogP contribution is -2.18. The molecule has 0 fully saturated rings. The predicted molar refractivity (Wildman–Crippen MR) is 55.4 cm³/mol. The molecule has 2 nitrogen and oxygen atoms in total. The van der Waals surface area contributed by atoms with Crippen molar-refractivity contribution in [2.75, 3.05) is 0 Å². The molecule has 1 unspecified atom stereocenters. The average molecular weight is 315 g/mol. The quantitative estimate of drug-likeness (QED) is 0.627. The first kappa shape index (κ1) is 14.0. The Balaban J connectivity index is 2.98. The molecule has 94 valence electrons. The van der Waals surface area contributed by atoms with Gasteiger partial charge in [-0.25, -0.2) is 4.39 Å². The summed E-state index contributed by atoms with van der Waals surface area (Å²) in [5, 5.41) is 0. The number of carbonyl (C=O) groups excluding carboxylic acids is 1. The monoisotopic (exact) mass is 314 g/mol. The number of ketones is 1. The molecule has 0 aromatic heterocycles. The van der Waals surface area contributed by atoms with E-state index >= 15 is 0 Å². The SMILES string of the molecule is CC(=O)C(Br)c1ccc(OC(F)(F)F)c(F)c1. The van der Waals surface area contributed by atoms with E-state index in [1.165, 1.54) is 13.0 Å². The van der Waals surface area contributed by atoms with E-state index in [1.807, 2.05) is 0 Å². The van der Waals surface area contributed by atoms with E-state index in [4.69, 9.17) is 0 Å². The van der Waals surface area contributed by atoms with Gasteiger partial charge in [0.1, 0.15) is 5.78 Å². The molecule has 0 heterocycles. The van der Waals surface area contributed by atoms with Gasteiger partial charge >= 0.3 is 6.36 Å². The van der Waals surface area contributed by atoms with Crippen LogP contribution in [0.5, 0.6) is 5.75 Å². The summed E-state index contributed by atoms with van der Waals surface area (Å²) >= 11 is 2.99. The van der Waals surface area contributed by atoms with Crippen LogP contribution < -0.4 is 4.74 Å². The zero-order valence-corrected chi connectivity index (χ0v) is 10.1. The minimum Gasteiger partial charge on any atom is -0.403 e. The van der Waals surface area contributed by atoms with Crippen LogP contribution in [0.2, 0.25) is 0 Å². The molecule has 0 saturated heterocycles. The summed E-state index contributed by atoms with van der Waals surface area (Å²) in [7, 11) is 0. The summed E-state index contributed by atoms with van der Waals surface area (Å²) in [4.78, 5) is 10.2. The average Bonchev–Trinajstić information content (AvgIpc) is 2.18. The highest BCUT2D eigenvalue weighted by atomic mass is 79.9. The van der Waals surface area contributed by atoms with E-state index in [0.717, 1.165) is 12.1 Å². The van der Waals surface area contributed by atoms with Crippen molar-refractivity contribution in [3.63, 3.8) is 0 Å². The van der Waals surface area contributed by atoms with Gasteiger partial charge in [-0.3, -0.25) is 4.79 Å². The first-order chi connectivity index (χ1) is 7.70. The fraction of sp³-hybridized carbons (Fsp3) is 0.300. The van der Waals surface area contributed by atoms with Crippen LogP contribution in [0.4, 0.5) is 17.6 Å². The number of alkyl halides is 4. The summed E-state index contributed by atoms with van der Waals surface area (Å²) in [5.41, 5.74) is 0.226. The second-order valence-electron chi connectivity index (χ2n) is 3.21. The molecule has 1 aromatic carbocycles. The van der Waals surface area contributed by atoms with Gasteiger partial charge < -0.3 is 4.74 Å². The van der Waals surface area contributed by atoms with E-state index in [2.05, 4.69) is 20.7 Å². The van der Waals surface area contributed by atoms with Crippen LogP contribution in [0, 0.1) is 5.82 Å².